The van der Waals surface area contributed by atoms with Gasteiger partial charge >= 0.3 is 0 Å². The highest BCUT2D eigenvalue weighted by atomic mass is 15.2. The Bertz CT molecular complexity index is 369. The normalized spacial score (nSPS) is 17.9. The number of nitrogens with zero attached hydrogens (tertiary/aromatic N) is 1. The van der Waals surface area contributed by atoms with Gasteiger partial charge in [-0.3, -0.25) is 0 Å². The average Bonchev–Trinajstić information content (AvgIpc) is 2.16. The molecule has 0 amide bonds. The van der Waals surface area contributed by atoms with Gasteiger partial charge in [0.2, 0.25) is 0 Å². The van der Waals surface area contributed by atoms with Crippen LogP contribution < -0.4 is 10.2 Å². The van der Waals surface area contributed by atoms with Gasteiger partial charge in [-0.1, -0.05) is 18.2 Å². The molecule has 0 saturated heterocycles. The molecule has 80 valence electrons. The molecule has 0 saturated carbocycles. The second kappa shape index (κ2) is 3.61. The number of rotatable bonds is 2. The Morgan fingerprint density at radius 1 is 1.47 bits per heavy atom. The van der Waals surface area contributed by atoms with E-state index in [9.17, 15) is 0 Å². The first-order valence-corrected chi connectivity index (χ1v) is 5.35. The first kappa shape index (κ1) is 10.1. The molecule has 1 heterocycles. The second-order valence-corrected chi connectivity index (χ2v) is 4.70. The summed E-state index contributed by atoms with van der Waals surface area (Å²) in [5, 5.41) is 3.55. The first-order chi connectivity index (χ1) is 7.12. The second-order valence-electron chi connectivity index (χ2n) is 4.70. The third-order valence-corrected chi connectivity index (χ3v) is 2.65. The summed E-state index contributed by atoms with van der Waals surface area (Å²) in [6.07, 6.45) is 1.96. The number of para-hydroxylation sites is 2. The first-order valence-electron chi connectivity index (χ1n) is 5.35. The van der Waals surface area contributed by atoms with Crippen LogP contribution in [0, 0.1) is 0 Å². The van der Waals surface area contributed by atoms with Crippen molar-refractivity contribution in [1.29, 1.82) is 0 Å². The van der Waals surface area contributed by atoms with Gasteiger partial charge in [0.15, 0.2) is 0 Å². The van der Waals surface area contributed by atoms with E-state index in [0.29, 0.717) is 0 Å². The fourth-order valence-electron chi connectivity index (χ4n) is 2.14. The molecule has 1 aliphatic heterocycles. The topological polar surface area (TPSA) is 15.3 Å². The number of benzene rings is 1. The van der Waals surface area contributed by atoms with Crippen LogP contribution in [0.5, 0.6) is 0 Å². The molecule has 0 atom stereocenters. The Labute approximate surface area is 91.6 Å². The maximum atomic E-state index is 3.81. The molecule has 0 bridgehead atoms. The molecule has 1 N–H and O–H groups in total. The number of fused-ring (bicyclic) bond motifs is 1. The zero-order chi connectivity index (χ0) is 10.9. The third kappa shape index (κ3) is 1.99. The Hall–Kier alpha value is -1.44. The van der Waals surface area contributed by atoms with Gasteiger partial charge < -0.3 is 10.2 Å². The highest BCUT2D eigenvalue weighted by Gasteiger charge is 2.28. The number of nitrogens with one attached hydrogen (secondary N) is 1. The maximum Gasteiger partial charge on any atom is 0.0605 e. The number of hydrogen-bond donors (Lipinski definition) is 1. The summed E-state index contributed by atoms with van der Waals surface area (Å²) in [4.78, 5) is 2.36. The van der Waals surface area contributed by atoms with Crippen molar-refractivity contribution in [2.24, 2.45) is 0 Å². The quantitative estimate of drug-likeness (QED) is 0.742. The van der Waals surface area contributed by atoms with Gasteiger partial charge in [-0.25, -0.2) is 0 Å². The van der Waals surface area contributed by atoms with Crippen LogP contribution in [0.1, 0.15) is 13.8 Å². The minimum absolute atomic E-state index is 0.122. The standard InChI is InChI=1S/C13H18N2/c1-4-9-15-10-13(2,3)14-11-7-5-6-8-12(11)15/h4-8,14H,1,9-10H2,2-3H3. The summed E-state index contributed by atoms with van der Waals surface area (Å²) >= 11 is 0. The van der Waals surface area contributed by atoms with E-state index < -0.39 is 0 Å². The molecule has 1 aromatic rings. The lowest BCUT2D eigenvalue weighted by atomic mass is 9.99. The summed E-state index contributed by atoms with van der Waals surface area (Å²) < 4.78 is 0. The molecule has 0 aliphatic carbocycles. The zero-order valence-electron chi connectivity index (χ0n) is 9.46. The molecule has 0 radical (unpaired) electrons. The van der Waals surface area contributed by atoms with Crippen molar-refractivity contribution >= 4 is 11.4 Å². The number of anilines is 2. The highest BCUT2D eigenvalue weighted by molar-refractivity contribution is 5.73. The molecule has 2 heteroatoms. The summed E-state index contributed by atoms with van der Waals surface area (Å²) in [7, 11) is 0. The lowest BCUT2D eigenvalue weighted by Crippen LogP contribution is -2.48. The van der Waals surface area contributed by atoms with E-state index in [-0.39, 0.29) is 5.54 Å². The van der Waals surface area contributed by atoms with Crippen LogP contribution in [0.25, 0.3) is 0 Å². The summed E-state index contributed by atoms with van der Waals surface area (Å²) in [6, 6.07) is 8.43. The molecule has 2 rings (SSSR count). The van der Waals surface area contributed by atoms with Crippen LogP contribution in [-0.2, 0) is 0 Å². The fraction of sp³-hybridized carbons (Fsp3) is 0.385. The molecule has 15 heavy (non-hydrogen) atoms. The lowest BCUT2D eigenvalue weighted by Gasteiger charge is -2.41. The van der Waals surface area contributed by atoms with E-state index in [0.717, 1.165) is 13.1 Å². The van der Waals surface area contributed by atoms with Gasteiger partial charge in [-0.05, 0) is 26.0 Å². The van der Waals surface area contributed by atoms with E-state index >= 15 is 0 Å². The maximum absolute atomic E-state index is 3.81. The van der Waals surface area contributed by atoms with Gasteiger partial charge in [0, 0.05) is 18.6 Å². The van der Waals surface area contributed by atoms with Gasteiger partial charge in [0.1, 0.15) is 0 Å². The molecule has 1 aromatic carbocycles. The Morgan fingerprint density at radius 3 is 2.93 bits per heavy atom. The van der Waals surface area contributed by atoms with Crippen molar-refractivity contribution in [1.82, 2.24) is 0 Å². The summed E-state index contributed by atoms with van der Waals surface area (Å²) in [5.41, 5.74) is 2.62. The number of hydrogen-bond acceptors (Lipinski definition) is 2. The van der Waals surface area contributed by atoms with Crippen molar-refractivity contribution < 1.29 is 0 Å². The van der Waals surface area contributed by atoms with Crippen LogP contribution in [-0.4, -0.2) is 18.6 Å². The minimum Gasteiger partial charge on any atom is -0.377 e. The SMILES string of the molecule is C=CCN1CC(C)(C)Nc2ccccc21. The van der Waals surface area contributed by atoms with Crippen molar-refractivity contribution in [3.05, 3.63) is 36.9 Å². The van der Waals surface area contributed by atoms with Crippen LogP contribution in [0.15, 0.2) is 36.9 Å². The molecule has 2 nitrogen and oxygen atoms in total. The van der Waals surface area contributed by atoms with Crippen LogP contribution in [0.3, 0.4) is 0 Å². The zero-order valence-corrected chi connectivity index (χ0v) is 9.46. The largest absolute Gasteiger partial charge is 0.377 e. The van der Waals surface area contributed by atoms with Gasteiger partial charge in [0.05, 0.1) is 11.4 Å². The van der Waals surface area contributed by atoms with E-state index in [1.807, 2.05) is 6.08 Å². The minimum atomic E-state index is 0.122. The van der Waals surface area contributed by atoms with E-state index in [1.54, 1.807) is 0 Å². The Balaban J connectivity index is 2.38. The molecule has 0 aromatic heterocycles. The van der Waals surface area contributed by atoms with E-state index in [1.165, 1.54) is 11.4 Å². The molecular weight excluding hydrogens is 184 g/mol. The molecule has 0 fully saturated rings. The fourth-order valence-corrected chi connectivity index (χ4v) is 2.14. The van der Waals surface area contributed by atoms with Crippen molar-refractivity contribution in [2.75, 3.05) is 23.3 Å². The van der Waals surface area contributed by atoms with Crippen LogP contribution in [0.4, 0.5) is 11.4 Å². The Morgan fingerprint density at radius 2 is 2.20 bits per heavy atom. The van der Waals surface area contributed by atoms with Crippen molar-refractivity contribution in [3.63, 3.8) is 0 Å². The van der Waals surface area contributed by atoms with Gasteiger partial charge in [0.25, 0.3) is 0 Å². The van der Waals surface area contributed by atoms with Crippen LogP contribution in [0.2, 0.25) is 0 Å². The van der Waals surface area contributed by atoms with Crippen molar-refractivity contribution in [3.8, 4) is 0 Å². The summed E-state index contributed by atoms with van der Waals surface area (Å²) in [6.45, 7) is 10.2. The monoisotopic (exact) mass is 202 g/mol. The molecule has 1 aliphatic rings. The highest BCUT2D eigenvalue weighted by Crippen LogP contribution is 2.33. The lowest BCUT2D eigenvalue weighted by molar-refractivity contribution is 0.542. The predicted molar refractivity (Wildman–Crippen MR) is 66.6 cm³/mol. The molecular formula is C13H18N2. The van der Waals surface area contributed by atoms with E-state index in [2.05, 4.69) is 54.9 Å². The van der Waals surface area contributed by atoms with Crippen molar-refractivity contribution in [2.45, 2.75) is 19.4 Å². The smallest absolute Gasteiger partial charge is 0.0605 e. The Kier molecular flexibility index (Phi) is 2.43. The third-order valence-electron chi connectivity index (χ3n) is 2.65. The average molecular weight is 202 g/mol. The van der Waals surface area contributed by atoms with Crippen LogP contribution >= 0.6 is 0 Å². The predicted octanol–water partition coefficient (Wildman–Crippen LogP) is 2.88. The van der Waals surface area contributed by atoms with Gasteiger partial charge in [-0.15, -0.1) is 6.58 Å². The van der Waals surface area contributed by atoms with E-state index in [4.69, 9.17) is 0 Å². The molecule has 0 spiro atoms. The molecule has 0 unspecified atom stereocenters. The summed E-state index contributed by atoms with van der Waals surface area (Å²) in [5.74, 6) is 0. The van der Waals surface area contributed by atoms with Gasteiger partial charge in [-0.2, -0.15) is 0 Å².